The van der Waals surface area contributed by atoms with Crippen LogP contribution in [0.15, 0.2) is 24.3 Å². The predicted octanol–water partition coefficient (Wildman–Crippen LogP) is 5.08. The summed E-state index contributed by atoms with van der Waals surface area (Å²) >= 11 is 0. The van der Waals surface area contributed by atoms with Crippen LogP contribution in [0.25, 0.3) is 0 Å². The van der Waals surface area contributed by atoms with E-state index < -0.39 is 41.9 Å². The zero-order chi connectivity index (χ0) is 42.5. The molecule has 0 saturated carbocycles. The quantitative estimate of drug-likeness (QED) is 0.140. The van der Waals surface area contributed by atoms with Crippen molar-refractivity contribution in [2.24, 2.45) is 29.4 Å². The first-order valence-corrected chi connectivity index (χ1v) is 20.2. The highest BCUT2D eigenvalue weighted by Crippen LogP contribution is 2.30. The maximum atomic E-state index is 14.1. The second-order valence-corrected chi connectivity index (χ2v) is 17.1. The first-order chi connectivity index (χ1) is 26.1. The average molecular weight is 789 g/mol. The Labute approximate surface area is 335 Å². The Bertz CT molecular complexity index is 1430. The number of nitrogens with two attached hydrogens (primary N) is 1. The van der Waals surface area contributed by atoms with E-state index in [1.807, 2.05) is 41.5 Å². The molecule has 2 rings (SSSR count). The van der Waals surface area contributed by atoms with Crippen LogP contribution in [-0.2, 0) is 39.9 Å². The Hall–Kier alpha value is -3.75. The molecule has 318 valence electrons. The van der Waals surface area contributed by atoms with Crippen LogP contribution in [0.1, 0.15) is 107 Å². The molecular weight excluding hydrogens is 716 g/mol. The third kappa shape index (κ3) is 14.3. The Kier molecular flexibility index (Phi) is 19.2. The molecule has 0 radical (unpaired) electrons. The van der Waals surface area contributed by atoms with Crippen molar-refractivity contribution < 1.29 is 38.2 Å². The monoisotopic (exact) mass is 789 g/mol. The van der Waals surface area contributed by atoms with Crippen LogP contribution >= 0.6 is 0 Å². The van der Waals surface area contributed by atoms with Crippen molar-refractivity contribution in [1.82, 2.24) is 20.4 Å². The summed E-state index contributed by atoms with van der Waals surface area (Å²) in [5.41, 5.74) is 7.00. The first kappa shape index (κ1) is 48.4. The SMILES string of the molecule is CC[C@H](C)[C@@H]([C@@H](CC(=O)N1CCC[C@H]1[C@H](OC)[C@@H](C)C(=O)N[C@@H](CC(C)C)C(=O)NCc1ccc(NC(=O)OC(C)(C)C)cc1)OC)N(C)C(=O)[C@@H](N)C(C)C. The second kappa shape index (κ2) is 22.3. The van der Waals surface area contributed by atoms with Gasteiger partial charge in [0, 0.05) is 40.0 Å². The van der Waals surface area contributed by atoms with E-state index in [1.54, 1.807) is 75.9 Å². The molecule has 0 aromatic heterocycles. The average Bonchev–Trinajstić information content (AvgIpc) is 3.61. The number of carbonyl (C=O) groups excluding carboxylic acids is 5. The van der Waals surface area contributed by atoms with E-state index in [4.69, 9.17) is 19.9 Å². The van der Waals surface area contributed by atoms with Crippen molar-refractivity contribution in [3.05, 3.63) is 29.8 Å². The molecule has 5 N–H and O–H groups in total. The Balaban J connectivity index is 2.14. The van der Waals surface area contributed by atoms with Crippen molar-refractivity contribution in [2.75, 3.05) is 33.1 Å². The summed E-state index contributed by atoms with van der Waals surface area (Å²) in [5, 5.41) is 8.60. The van der Waals surface area contributed by atoms with E-state index >= 15 is 0 Å². The molecule has 0 spiro atoms. The molecule has 1 aromatic rings. The molecule has 56 heavy (non-hydrogen) atoms. The number of anilines is 1. The molecule has 1 saturated heterocycles. The number of likely N-dealkylation sites (tertiary alicyclic amines) is 1. The van der Waals surface area contributed by atoms with Crippen LogP contribution in [0, 0.1) is 23.7 Å². The van der Waals surface area contributed by atoms with Gasteiger partial charge in [-0.05, 0) is 75.5 Å². The van der Waals surface area contributed by atoms with Gasteiger partial charge >= 0.3 is 6.09 Å². The minimum absolute atomic E-state index is 0.0375. The van der Waals surface area contributed by atoms with Gasteiger partial charge in [0.2, 0.25) is 23.6 Å². The predicted molar refractivity (Wildman–Crippen MR) is 218 cm³/mol. The largest absolute Gasteiger partial charge is 0.444 e. The number of rotatable bonds is 20. The summed E-state index contributed by atoms with van der Waals surface area (Å²) in [6.45, 7) is 19.7. The van der Waals surface area contributed by atoms with Gasteiger partial charge < -0.3 is 40.4 Å². The van der Waals surface area contributed by atoms with Gasteiger partial charge in [0.15, 0.2) is 0 Å². The smallest absolute Gasteiger partial charge is 0.412 e. The van der Waals surface area contributed by atoms with Gasteiger partial charge in [-0.25, -0.2) is 4.79 Å². The minimum Gasteiger partial charge on any atom is -0.444 e. The molecule has 8 atom stereocenters. The third-order valence-electron chi connectivity index (χ3n) is 10.7. The van der Waals surface area contributed by atoms with Crippen molar-refractivity contribution in [2.45, 2.75) is 150 Å². The number of methoxy groups -OCH3 is 2. The number of carbonyl (C=O) groups is 5. The fourth-order valence-electron chi connectivity index (χ4n) is 7.27. The molecule has 1 aromatic carbocycles. The lowest BCUT2D eigenvalue weighted by atomic mass is 9.89. The highest BCUT2D eigenvalue weighted by molar-refractivity contribution is 5.89. The molecule has 1 heterocycles. The standard InChI is InChI=1S/C42H72N6O8/c1-14-27(6)36(47(11)40(52)35(43)26(4)5)33(54-12)23-34(49)48-21-15-16-32(48)37(55-13)28(7)38(50)46-31(22-25(2)3)39(51)44-24-29-17-19-30(20-18-29)45-41(53)56-42(8,9)10/h17-20,25-28,31-33,35-37H,14-16,21-24,43H2,1-13H3,(H,44,51)(H,45,53)(H,46,50)/t27-,28+,31-,32-,33+,35-,36-,37+/m0/s1. The summed E-state index contributed by atoms with van der Waals surface area (Å²) in [6, 6.07) is 4.84. The van der Waals surface area contributed by atoms with Crippen molar-refractivity contribution in [1.29, 1.82) is 0 Å². The third-order valence-corrected chi connectivity index (χ3v) is 10.7. The van der Waals surface area contributed by atoms with Gasteiger partial charge in [-0.15, -0.1) is 0 Å². The number of benzene rings is 1. The van der Waals surface area contributed by atoms with E-state index in [9.17, 15) is 24.0 Å². The lowest BCUT2D eigenvalue weighted by Crippen LogP contribution is -2.56. The second-order valence-electron chi connectivity index (χ2n) is 17.1. The molecular formula is C42H72N6O8. The molecule has 1 aliphatic rings. The Morgan fingerprint density at radius 1 is 0.964 bits per heavy atom. The molecule has 0 unspecified atom stereocenters. The molecule has 0 aliphatic carbocycles. The van der Waals surface area contributed by atoms with E-state index in [2.05, 4.69) is 16.0 Å². The topological polar surface area (TPSA) is 182 Å². The van der Waals surface area contributed by atoms with Crippen LogP contribution < -0.4 is 21.7 Å². The first-order valence-electron chi connectivity index (χ1n) is 20.2. The number of nitrogens with one attached hydrogen (secondary N) is 3. The summed E-state index contributed by atoms with van der Waals surface area (Å²) < 4.78 is 17.2. The fraction of sp³-hybridized carbons (Fsp3) is 0.738. The number of hydrogen-bond acceptors (Lipinski definition) is 9. The zero-order valence-corrected chi connectivity index (χ0v) is 36.3. The normalized spacial score (nSPS) is 18.4. The van der Waals surface area contributed by atoms with Crippen LogP contribution in [0.4, 0.5) is 10.5 Å². The molecule has 0 bridgehead atoms. The van der Waals surface area contributed by atoms with Crippen LogP contribution in [0.3, 0.4) is 0 Å². The fourth-order valence-corrected chi connectivity index (χ4v) is 7.27. The summed E-state index contributed by atoms with van der Waals surface area (Å²) in [6.07, 6.45) is 0.880. The maximum absolute atomic E-state index is 14.1. The Morgan fingerprint density at radius 2 is 1.59 bits per heavy atom. The van der Waals surface area contributed by atoms with Crippen molar-refractivity contribution in [3.8, 4) is 0 Å². The van der Waals surface area contributed by atoms with Gasteiger partial charge in [0.1, 0.15) is 11.6 Å². The lowest BCUT2D eigenvalue weighted by molar-refractivity contribution is -0.146. The van der Waals surface area contributed by atoms with Crippen LogP contribution in [0.5, 0.6) is 0 Å². The maximum Gasteiger partial charge on any atom is 0.412 e. The molecule has 14 heteroatoms. The molecule has 1 aliphatic heterocycles. The van der Waals surface area contributed by atoms with Crippen molar-refractivity contribution >= 4 is 35.4 Å². The van der Waals surface area contributed by atoms with E-state index in [0.29, 0.717) is 25.1 Å². The van der Waals surface area contributed by atoms with Crippen molar-refractivity contribution in [3.63, 3.8) is 0 Å². The van der Waals surface area contributed by atoms with E-state index in [0.717, 1.165) is 18.4 Å². The summed E-state index contributed by atoms with van der Waals surface area (Å²) in [4.78, 5) is 70.3. The van der Waals surface area contributed by atoms with Crippen LogP contribution in [0.2, 0.25) is 0 Å². The lowest BCUT2D eigenvalue weighted by Gasteiger charge is -2.40. The van der Waals surface area contributed by atoms with Gasteiger partial charge in [0.05, 0.1) is 42.7 Å². The Morgan fingerprint density at radius 3 is 2.11 bits per heavy atom. The molecule has 5 amide bonds. The van der Waals surface area contributed by atoms with Gasteiger partial charge in [-0.2, -0.15) is 0 Å². The summed E-state index contributed by atoms with van der Waals surface area (Å²) in [7, 11) is 4.83. The van der Waals surface area contributed by atoms with E-state index in [1.165, 1.54) is 7.11 Å². The number of hydrogen-bond donors (Lipinski definition) is 4. The highest BCUT2D eigenvalue weighted by atomic mass is 16.6. The highest BCUT2D eigenvalue weighted by Gasteiger charge is 2.43. The van der Waals surface area contributed by atoms with E-state index in [-0.39, 0.29) is 66.4 Å². The number of likely N-dealkylation sites (N-methyl/N-ethyl adjacent to an activating group) is 1. The molecule has 1 fully saturated rings. The van der Waals surface area contributed by atoms with Gasteiger partial charge in [-0.3, -0.25) is 24.5 Å². The number of nitrogens with zero attached hydrogens (tertiary/aromatic N) is 2. The summed E-state index contributed by atoms with van der Waals surface area (Å²) in [5.74, 6) is -1.56. The minimum atomic E-state index is -0.791. The zero-order valence-electron chi connectivity index (χ0n) is 36.3. The number of ether oxygens (including phenoxy) is 3. The molecule has 14 nitrogen and oxygen atoms in total. The number of amides is 5. The van der Waals surface area contributed by atoms with Crippen LogP contribution in [-0.4, -0.2) is 109 Å². The van der Waals surface area contributed by atoms with Gasteiger partial charge in [0.25, 0.3) is 0 Å². The van der Waals surface area contributed by atoms with Gasteiger partial charge in [-0.1, -0.05) is 67.0 Å².